The van der Waals surface area contributed by atoms with Gasteiger partial charge in [-0.25, -0.2) is 42.3 Å². The number of hydrogen-bond donors (Lipinski definition) is 11. The van der Waals surface area contributed by atoms with Gasteiger partial charge in [0.25, 0.3) is 17.1 Å². The Morgan fingerprint density at radius 3 is 2.21 bits per heavy atom. The molecule has 3 fully saturated rings. The second kappa shape index (κ2) is 22.4. The number of aliphatic hydroxyl groups excluding tert-OH is 3. The van der Waals surface area contributed by atoms with Crippen molar-refractivity contribution in [3.8, 4) is 0 Å². The molecule has 5 unspecified atom stereocenters. The third kappa shape index (κ3) is 12.7. The van der Waals surface area contributed by atoms with Gasteiger partial charge in [0.1, 0.15) is 54.6 Å². The van der Waals surface area contributed by atoms with Crippen LogP contribution in [0.5, 0.6) is 0 Å². The fourth-order valence-corrected chi connectivity index (χ4v) is 13.9. The monoisotopic (exact) mass is 1190 g/mol. The summed E-state index contributed by atoms with van der Waals surface area (Å²) in [6, 6.07) is 0.929. The summed E-state index contributed by atoms with van der Waals surface area (Å²) in [5, 5.41) is 32.8. The predicted molar refractivity (Wildman–Crippen MR) is 255 cm³/mol. The number of rotatable bonds is 21. The number of aromatic amines is 2. The number of amides is 1. The quantitative estimate of drug-likeness (QED) is 0.0246. The normalized spacial score (nSPS) is 29.8. The molecule has 13 N–H and O–H groups in total. The van der Waals surface area contributed by atoms with Crippen molar-refractivity contribution in [3.63, 3.8) is 0 Å². The maximum Gasteiger partial charge on any atom is 0.488 e. The number of phosphoric ester groups is 2. The van der Waals surface area contributed by atoms with E-state index in [9.17, 15) is 67.8 Å². The predicted octanol–water partition coefficient (Wildman–Crippen LogP) is -4.03. The van der Waals surface area contributed by atoms with Crippen molar-refractivity contribution in [2.75, 3.05) is 52.5 Å². The Morgan fingerprint density at radius 2 is 1.52 bits per heavy atom. The van der Waals surface area contributed by atoms with Gasteiger partial charge in [-0.3, -0.25) is 51.6 Å². The summed E-state index contributed by atoms with van der Waals surface area (Å²) in [6.45, 7) is -8.13. The zero-order chi connectivity index (χ0) is 56.3. The Bertz CT molecular complexity index is 3420. The number of nitrogens with two attached hydrogens (primary N) is 2. The highest BCUT2D eigenvalue weighted by Gasteiger charge is 2.54. The number of anilines is 2. The van der Waals surface area contributed by atoms with Crippen LogP contribution in [0, 0.1) is 5.92 Å². The number of H-pyrrole nitrogens is 2. The highest BCUT2D eigenvalue weighted by atomic mass is 32.5. The van der Waals surface area contributed by atoms with Gasteiger partial charge >= 0.3 is 41.5 Å². The second-order valence-corrected chi connectivity index (χ2v) is 24.8. The molecule has 0 saturated carbocycles. The number of imidazole rings is 2. The molecule has 0 aliphatic carbocycles. The smallest absolute Gasteiger partial charge is 0.387 e. The molecule has 0 spiro atoms. The third-order valence-corrected chi connectivity index (χ3v) is 18.2. The lowest BCUT2D eigenvalue weighted by Crippen LogP contribution is -2.45. The summed E-state index contributed by atoms with van der Waals surface area (Å²) in [5.74, 6) is -2.01. The SMILES string of the molecule is CO[C@@H]1[C@H](OP(=O)(O)OC[C@H]2O[C@@H](n3ccc(=O)[nH]c3=O)[C@H](O)[C@@H]2O)[C@@H](COP(=O)(O)OP(=O)(O)OP(O)(=S)OC[C@H]2O[C@@H]([n+]3cn(C)c4c(=O)[nH]c(N)nc43)[C@H](O)C2CC(=O)N(C)C)O[C@H]1n1cnc2c(N)ncnc21. The lowest BCUT2D eigenvalue weighted by atomic mass is 9.94. The molecule has 77 heavy (non-hydrogen) atoms. The van der Waals surface area contributed by atoms with Crippen molar-refractivity contribution in [3.05, 3.63) is 62.4 Å². The minimum Gasteiger partial charge on any atom is -0.387 e. The highest BCUT2D eigenvalue weighted by molar-refractivity contribution is 8.08. The van der Waals surface area contributed by atoms with Gasteiger partial charge in [0.15, 0.2) is 30.2 Å². The number of hydrogen-bond acceptors (Lipinski definition) is 27. The van der Waals surface area contributed by atoms with Crippen molar-refractivity contribution < 1.29 is 104 Å². The van der Waals surface area contributed by atoms with E-state index in [0.717, 1.165) is 36.6 Å². The molecule has 37 nitrogen and oxygen atoms in total. The van der Waals surface area contributed by atoms with E-state index in [2.05, 4.69) is 33.5 Å². The largest absolute Gasteiger partial charge is 0.488 e. The van der Waals surface area contributed by atoms with Crippen LogP contribution in [0.2, 0.25) is 0 Å². The number of phosphoric acid groups is 3. The average molecular weight is 1190 g/mol. The second-order valence-electron chi connectivity index (χ2n) is 17.4. The molecular formula is C35H50N13O24P4S+. The summed E-state index contributed by atoms with van der Waals surface area (Å²) >= 11 is 4.91. The topological polar surface area (TPSA) is 510 Å². The zero-order valence-corrected chi connectivity index (χ0v) is 44.5. The van der Waals surface area contributed by atoms with Crippen LogP contribution in [0.4, 0.5) is 11.8 Å². The Hall–Kier alpha value is -4.69. The summed E-state index contributed by atoms with van der Waals surface area (Å²) in [6.07, 6.45) is -13.7. The van der Waals surface area contributed by atoms with Crippen molar-refractivity contribution in [1.29, 1.82) is 0 Å². The first-order chi connectivity index (χ1) is 36.0. The molecule has 16 atom stereocenters. The van der Waals surface area contributed by atoms with Crippen LogP contribution in [0.15, 0.2) is 45.6 Å². The van der Waals surface area contributed by atoms with E-state index < -0.39 is 153 Å². The molecule has 3 saturated heterocycles. The van der Waals surface area contributed by atoms with Gasteiger partial charge in [-0.15, -0.1) is 0 Å². The van der Waals surface area contributed by atoms with Crippen molar-refractivity contribution in [2.24, 2.45) is 13.0 Å². The van der Waals surface area contributed by atoms with Gasteiger partial charge in [-0.05, 0) is 11.8 Å². The summed E-state index contributed by atoms with van der Waals surface area (Å²) in [4.78, 5) is 115. The first kappa shape index (κ1) is 58.5. The van der Waals surface area contributed by atoms with Crippen LogP contribution < -0.4 is 32.8 Å². The van der Waals surface area contributed by atoms with Gasteiger partial charge in [0.05, 0.1) is 39.3 Å². The number of methoxy groups -OCH3 is 1. The van der Waals surface area contributed by atoms with Crippen molar-refractivity contribution in [2.45, 2.75) is 73.9 Å². The summed E-state index contributed by atoms with van der Waals surface area (Å²) in [7, 11) is -11.9. The molecule has 3 aliphatic heterocycles. The van der Waals surface area contributed by atoms with Crippen LogP contribution >= 0.6 is 30.2 Å². The van der Waals surface area contributed by atoms with Gasteiger partial charge in [-0.1, -0.05) is 4.98 Å². The van der Waals surface area contributed by atoms with Crippen molar-refractivity contribution in [1.82, 2.24) is 48.5 Å². The molecular weight excluding hydrogens is 1140 g/mol. The number of nitrogen functional groups attached to an aromatic ring is 2. The van der Waals surface area contributed by atoms with E-state index in [-0.39, 0.29) is 34.1 Å². The average Bonchev–Trinajstić information content (AvgIpc) is 4.13. The minimum absolute atomic E-state index is 0.0179. The summed E-state index contributed by atoms with van der Waals surface area (Å²) < 4.78 is 97.8. The van der Waals surface area contributed by atoms with Gasteiger partial charge < -0.3 is 74.7 Å². The van der Waals surface area contributed by atoms with Crippen LogP contribution in [0.25, 0.3) is 22.3 Å². The number of carbonyl (C=O) groups is 1. The Balaban J connectivity index is 0.951. The molecule has 0 bridgehead atoms. The number of nitrogens with one attached hydrogen (secondary N) is 2. The maximum absolute atomic E-state index is 13.6. The fourth-order valence-electron chi connectivity index (χ4n) is 8.51. The van der Waals surface area contributed by atoms with Gasteiger partial charge in [0, 0.05) is 45.8 Å². The van der Waals surface area contributed by atoms with Crippen LogP contribution in [-0.4, -0.2) is 179 Å². The maximum atomic E-state index is 13.6. The minimum atomic E-state index is -6.03. The Morgan fingerprint density at radius 1 is 0.844 bits per heavy atom. The van der Waals surface area contributed by atoms with Crippen LogP contribution in [0.1, 0.15) is 25.1 Å². The van der Waals surface area contributed by atoms with E-state index in [1.54, 1.807) is 0 Å². The van der Waals surface area contributed by atoms with E-state index in [1.807, 2.05) is 4.98 Å². The number of ether oxygens (including phenoxy) is 4. The molecule has 42 heteroatoms. The number of aliphatic hydroxyl groups is 3. The van der Waals surface area contributed by atoms with E-state index in [0.29, 0.717) is 0 Å². The number of aromatic nitrogens is 10. The Kier molecular flexibility index (Phi) is 17.0. The molecule has 8 rings (SSSR count). The van der Waals surface area contributed by atoms with Gasteiger partial charge in [-0.2, -0.15) is 4.31 Å². The first-order valence-electron chi connectivity index (χ1n) is 22.1. The lowest BCUT2D eigenvalue weighted by molar-refractivity contribution is -0.745. The highest BCUT2D eigenvalue weighted by Crippen LogP contribution is 2.68. The van der Waals surface area contributed by atoms with Gasteiger partial charge in [0.2, 0.25) is 17.7 Å². The van der Waals surface area contributed by atoms with E-state index in [1.165, 1.54) is 46.1 Å². The molecule has 3 aliphatic rings. The third-order valence-electron chi connectivity index (χ3n) is 12.1. The number of fused-ring (bicyclic) bond motifs is 2. The Labute approximate surface area is 434 Å². The standard InChI is InChI=1S/C35H49N13O24P4S/c1-44(2)19(50)7-14-15(67-31(22(14)51)48-13-45(3)21-29(48)42-34(37)43-30(21)54)8-66-76(62,77)72-75(60,61)71-74(58,59)65-10-17-25(26(63-4)33(69-17)47-12-40-20-27(36)38-11-39-28(20)47)70-73(56,57)64-9-16-23(52)24(53)32(68-16)46-6-5-18(49)41-35(46)55/h5-6,11-17,22-26,31-33,51-53H,7-10H2,1-4H3,(H9-,36,37,38,39,41,42,43,49,54,55,56,57,58,59,60,61,62,77)/p+1/t14?,15-,16-,17-,22-,23-,24-,25-,26-,31-,32-,33-,76?/m1/s1. The van der Waals surface area contributed by atoms with E-state index in [4.69, 9.17) is 60.3 Å². The molecule has 5 aromatic heterocycles. The fraction of sp³-hybridized carbons (Fsp3) is 0.571. The number of aryl methyl sites for hydroxylation is 1. The molecule has 1 amide bonds. The van der Waals surface area contributed by atoms with Crippen LogP contribution in [0.3, 0.4) is 0 Å². The molecule has 0 aromatic carbocycles. The molecule has 8 heterocycles. The van der Waals surface area contributed by atoms with Crippen LogP contribution in [-0.2, 0) is 83.0 Å². The molecule has 5 aromatic rings. The van der Waals surface area contributed by atoms with E-state index >= 15 is 0 Å². The molecule has 424 valence electrons. The summed E-state index contributed by atoms with van der Waals surface area (Å²) in [5.41, 5.74) is 9.33. The zero-order valence-electron chi connectivity index (χ0n) is 40.1. The number of nitrogens with zero attached hydrogens (tertiary/aromatic N) is 9. The molecule has 0 radical (unpaired) electrons. The first-order valence-corrected chi connectivity index (χ1v) is 29.2. The lowest BCUT2D eigenvalue weighted by Gasteiger charge is -2.26. The number of carbonyl (C=O) groups excluding carboxylic acids is 1. The van der Waals surface area contributed by atoms with Crippen molar-refractivity contribution >= 4 is 82.0 Å².